The Balaban J connectivity index is 1.24. The molecule has 2 N–H and O–H groups in total. The molecule has 4 aromatic rings. The van der Waals surface area contributed by atoms with Crippen LogP contribution in [0, 0.1) is 20.8 Å². The molecule has 0 spiro atoms. The molecule has 6 heteroatoms. The maximum Gasteiger partial charge on any atom is 0.336 e. The first-order chi connectivity index (χ1) is 16.0. The van der Waals surface area contributed by atoms with E-state index >= 15 is 0 Å². The summed E-state index contributed by atoms with van der Waals surface area (Å²) in [5.41, 5.74) is 5.44. The van der Waals surface area contributed by atoms with Gasteiger partial charge in [-0.3, -0.25) is 4.98 Å². The highest BCUT2D eigenvalue weighted by atomic mass is 16.4. The van der Waals surface area contributed by atoms with Gasteiger partial charge in [0.15, 0.2) is 0 Å². The summed E-state index contributed by atoms with van der Waals surface area (Å²) in [5.74, 6) is 0.909. The van der Waals surface area contributed by atoms with Crippen LogP contribution in [0.15, 0.2) is 50.3 Å². The Labute approximate surface area is 194 Å². The van der Waals surface area contributed by atoms with E-state index in [4.69, 9.17) is 8.83 Å². The third kappa shape index (κ3) is 5.52. The fourth-order valence-corrected chi connectivity index (χ4v) is 4.38. The zero-order valence-electron chi connectivity index (χ0n) is 19.8. The predicted molar refractivity (Wildman–Crippen MR) is 133 cm³/mol. The lowest BCUT2D eigenvalue weighted by molar-refractivity contribution is 0.546. The van der Waals surface area contributed by atoms with Crippen LogP contribution in [0.2, 0.25) is 0 Å². The van der Waals surface area contributed by atoms with Gasteiger partial charge in [-0.15, -0.1) is 0 Å². The molecule has 0 saturated carbocycles. The summed E-state index contributed by atoms with van der Waals surface area (Å²) in [6.07, 6.45) is 8.22. The van der Waals surface area contributed by atoms with E-state index < -0.39 is 0 Å². The number of benzene rings is 1. The highest BCUT2D eigenvalue weighted by Crippen LogP contribution is 2.34. The zero-order valence-corrected chi connectivity index (χ0v) is 19.8. The van der Waals surface area contributed by atoms with E-state index in [9.17, 15) is 4.79 Å². The number of aryl methyl sites for hydroxylation is 4. The third-order valence-electron chi connectivity index (χ3n) is 6.25. The van der Waals surface area contributed by atoms with Gasteiger partial charge in [-0.25, -0.2) is 4.79 Å². The predicted octanol–water partition coefficient (Wildman–Crippen LogP) is 4.95. The lowest BCUT2D eigenvalue weighted by Gasteiger charge is -2.07. The molecule has 174 valence electrons. The van der Waals surface area contributed by atoms with Crippen LogP contribution in [0.1, 0.15) is 47.3 Å². The number of nitrogens with one attached hydrogen (secondary N) is 2. The van der Waals surface area contributed by atoms with Crippen molar-refractivity contribution in [1.82, 2.24) is 15.6 Å². The second kappa shape index (κ2) is 10.8. The molecule has 0 aliphatic heterocycles. The molecule has 0 unspecified atom stereocenters. The van der Waals surface area contributed by atoms with Crippen molar-refractivity contribution in [2.75, 3.05) is 19.6 Å². The summed E-state index contributed by atoms with van der Waals surface area (Å²) in [6, 6.07) is 7.81. The van der Waals surface area contributed by atoms with Gasteiger partial charge in [0, 0.05) is 46.9 Å². The molecule has 0 atom stereocenters. The molecule has 3 aromatic heterocycles. The van der Waals surface area contributed by atoms with E-state index in [1.165, 1.54) is 11.1 Å². The smallest absolute Gasteiger partial charge is 0.336 e. The molecule has 0 bridgehead atoms. The monoisotopic (exact) mass is 447 g/mol. The summed E-state index contributed by atoms with van der Waals surface area (Å²) >= 11 is 0. The normalized spacial score (nSPS) is 11.6. The summed E-state index contributed by atoms with van der Waals surface area (Å²) in [4.78, 5) is 15.9. The van der Waals surface area contributed by atoms with Gasteiger partial charge in [0.25, 0.3) is 0 Å². The van der Waals surface area contributed by atoms with Crippen molar-refractivity contribution in [3.05, 3.63) is 75.1 Å². The van der Waals surface area contributed by atoms with Gasteiger partial charge in [-0.2, -0.15) is 0 Å². The van der Waals surface area contributed by atoms with E-state index in [2.05, 4.69) is 33.8 Å². The van der Waals surface area contributed by atoms with E-state index in [0.717, 1.165) is 85.1 Å². The standard InChI is InChI=1S/C27H33N3O3/c1-18-15-25(31)33-26-19(2)27-23(16-22(18)26)24(20(3)32-27)17-30-11-5-4-10-28-12-6-7-21-8-13-29-14-9-21/h8-9,13-16,28,30H,4-7,10-12,17H2,1-3H3. The Morgan fingerprint density at radius 3 is 2.33 bits per heavy atom. The maximum atomic E-state index is 11.8. The number of pyridine rings is 1. The largest absolute Gasteiger partial charge is 0.461 e. The summed E-state index contributed by atoms with van der Waals surface area (Å²) < 4.78 is 11.5. The molecule has 0 fully saturated rings. The van der Waals surface area contributed by atoms with Gasteiger partial charge in [-0.05, 0) is 95.4 Å². The molecule has 4 rings (SSSR count). The number of unbranched alkanes of at least 4 members (excludes halogenated alkanes) is 1. The van der Waals surface area contributed by atoms with E-state index in [1.54, 1.807) is 6.07 Å². The van der Waals surface area contributed by atoms with Crippen LogP contribution in [0.25, 0.3) is 21.9 Å². The van der Waals surface area contributed by atoms with Crippen molar-refractivity contribution in [3.63, 3.8) is 0 Å². The average Bonchev–Trinajstić information content (AvgIpc) is 3.12. The Hall–Kier alpha value is -2.96. The Morgan fingerprint density at radius 2 is 1.55 bits per heavy atom. The van der Waals surface area contributed by atoms with Crippen LogP contribution in [0.5, 0.6) is 0 Å². The first kappa shape index (κ1) is 23.2. The first-order valence-corrected chi connectivity index (χ1v) is 11.8. The molecule has 0 saturated heterocycles. The average molecular weight is 448 g/mol. The maximum absolute atomic E-state index is 11.8. The lowest BCUT2D eigenvalue weighted by atomic mass is 10.0. The van der Waals surface area contributed by atoms with E-state index in [0.29, 0.717) is 5.58 Å². The second-order valence-electron chi connectivity index (χ2n) is 8.73. The minimum atomic E-state index is -0.323. The molecular formula is C27H33N3O3. The SMILES string of the molecule is Cc1oc2c(C)c3oc(=O)cc(C)c3cc2c1CNCCCCNCCCc1ccncc1. The van der Waals surface area contributed by atoms with Gasteiger partial charge >= 0.3 is 5.63 Å². The first-order valence-electron chi connectivity index (χ1n) is 11.8. The van der Waals surface area contributed by atoms with Crippen molar-refractivity contribution in [2.45, 2.75) is 53.0 Å². The van der Waals surface area contributed by atoms with Gasteiger partial charge in [0.1, 0.15) is 16.9 Å². The molecule has 0 aliphatic carbocycles. The zero-order chi connectivity index (χ0) is 23.2. The third-order valence-corrected chi connectivity index (χ3v) is 6.25. The van der Waals surface area contributed by atoms with E-state index in [1.807, 2.05) is 33.2 Å². The van der Waals surface area contributed by atoms with Crippen LogP contribution in [-0.2, 0) is 13.0 Å². The summed E-state index contributed by atoms with van der Waals surface area (Å²) in [5, 5.41) is 9.17. The minimum absolute atomic E-state index is 0.323. The Morgan fingerprint density at radius 1 is 0.848 bits per heavy atom. The van der Waals surface area contributed by atoms with Crippen molar-refractivity contribution in [2.24, 2.45) is 0 Å². The van der Waals surface area contributed by atoms with Gasteiger partial charge in [0.2, 0.25) is 0 Å². The van der Waals surface area contributed by atoms with Crippen molar-refractivity contribution >= 4 is 21.9 Å². The van der Waals surface area contributed by atoms with Crippen LogP contribution in [0.4, 0.5) is 0 Å². The fourth-order valence-electron chi connectivity index (χ4n) is 4.38. The molecule has 0 amide bonds. The molecule has 6 nitrogen and oxygen atoms in total. The molecule has 33 heavy (non-hydrogen) atoms. The van der Waals surface area contributed by atoms with Crippen LogP contribution >= 0.6 is 0 Å². The number of fused-ring (bicyclic) bond motifs is 2. The van der Waals surface area contributed by atoms with Gasteiger partial charge in [0.05, 0.1) is 0 Å². The Kier molecular flexibility index (Phi) is 7.57. The van der Waals surface area contributed by atoms with Crippen LogP contribution in [0.3, 0.4) is 0 Å². The number of nitrogens with zero attached hydrogens (tertiary/aromatic N) is 1. The number of aromatic nitrogens is 1. The van der Waals surface area contributed by atoms with Crippen LogP contribution in [-0.4, -0.2) is 24.6 Å². The molecule has 1 aromatic carbocycles. The minimum Gasteiger partial charge on any atom is -0.461 e. The summed E-state index contributed by atoms with van der Waals surface area (Å²) in [6.45, 7) is 9.72. The molecule has 0 aliphatic rings. The number of hydrogen-bond donors (Lipinski definition) is 2. The second-order valence-corrected chi connectivity index (χ2v) is 8.73. The number of hydrogen-bond acceptors (Lipinski definition) is 6. The summed E-state index contributed by atoms with van der Waals surface area (Å²) in [7, 11) is 0. The topological polar surface area (TPSA) is 80.3 Å². The molecular weight excluding hydrogens is 414 g/mol. The van der Waals surface area contributed by atoms with Crippen molar-refractivity contribution < 1.29 is 8.83 Å². The molecule has 3 heterocycles. The number of rotatable bonds is 11. The fraction of sp³-hybridized carbons (Fsp3) is 0.407. The van der Waals surface area contributed by atoms with Crippen LogP contribution < -0.4 is 16.3 Å². The quantitative estimate of drug-likeness (QED) is 0.250. The number of furan rings is 1. The highest BCUT2D eigenvalue weighted by molar-refractivity contribution is 5.99. The van der Waals surface area contributed by atoms with Gasteiger partial charge in [-0.1, -0.05) is 0 Å². The van der Waals surface area contributed by atoms with Crippen molar-refractivity contribution in [3.8, 4) is 0 Å². The lowest BCUT2D eigenvalue weighted by Crippen LogP contribution is -2.20. The highest BCUT2D eigenvalue weighted by Gasteiger charge is 2.17. The van der Waals surface area contributed by atoms with Crippen molar-refractivity contribution in [1.29, 1.82) is 0 Å². The van der Waals surface area contributed by atoms with E-state index in [-0.39, 0.29) is 5.63 Å². The van der Waals surface area contributed by atoms with Gasteiger partial charge < -0.3 is 19.5 Å². The molecule has 0 radical (unpaired) electrons. The Bertz CT molecular complexity index is 1270.